The van der Waals surface area contributed by atoms with Gasteiger partial charge < -0.3 is 20.3 Å². The lowest BCUT2D eigenvalue weighted by atomic mass is 10.0. The van der Waals surface area contributed by atoms with Crippen LogP contribution in [0, 0.1) is 11.3 Å². The first-order valence-corrected chi connectivity index (χ1v) is 11.3. The Hall–Kier alpha value is -4.10. The molecule has 0 fully saturated rings. The number of carbonyl (C=O) groups is 2. The molecule has 0 saturated carbocycles. The first-order valence-electron chi connectivity index (χ1n) is 11.3. The standard InChI is InChI=1S/C26H23F3N4O3/c1-15(17-5-7-18(8-6-17)25(35)36)32-24(34)23-21(12-30)20-9-10-31-13-22(20)33(23)14-16-3-2-4-19(11-16)26(27,28)29/h2-8,11,15,31H,9-10,13-14H2,1H3,(H,32,34)(H,35,36)/t15-/m0/s1. The number of aromatic carboxylic acids is 1. The summed E-state index contributed by atoms with van der Waals surface area (Å²) in [6, 6.07) is 12.6. The molecular weight excluding hydrogens is 473 g/mol. The molecule has 4 rings (SSSR count). The van der Waals surface area contributed by atoms with Crippen molar-refractivity contribution in [2.24, 2.45) is 0 Å². The Morgan fingerprint density at radius 1 is 1.22 bits per heavy atom. The van der Waals surface area contributed by atoms with Crippen LogP contribution in [0.25, 0.3) is 0 Å². The van der Waals surface area contributed by atoms with E-state index in [1.807, 2.05) is 0 Å². The Kier molecular flexibility index (Phi) is 6.86. The number of hydrogen-bond acceptors (Lipinski definition) is 4. The molecule has 1 amide bonds. The van der Waals surface area contributed by atoms with Crippen molar-refractivity contribution in [1.82, 2.24) is 15.2 Å². The lowest BCUT2D eigenvalue weighted by molar-refractivity contribution is -0.137. The van der Waals surface area contributed by atoms with Crippen LogP contribution in [0.3, 0.4) is 0 Å². The third kappa shape index (κ3) is 4.97. The van der Waals surface area contributed by atoms with Crippen molar-refractivity contribution in [2.45, 2.75) is 38.7 Å². The van der Waals surface area contributed by atoms with Gasteiger partial charge in [-0.3, -0.25) is 4.79 Å². The van der Waals surface area contributed by atoms with Crippen LogP contribution in [0.1, 0.15) is 67.3 Å². The van der Waals surface area contributed by atoms with Gasteiger partial charge in [-0.2, -0.15) is 18.4 Å². The zero-order valence-corrected chi connectivity index (χ0v) is 19.3. The minimum absolute atomic E-state index is 0.0138. The smallest absolute Gasteiger partial charge is 0.416 e. The molecule has 0 radical (unpaired) electrons. The highest BCUT2D eigenvalue weighted by molar-refractivity contribution is 5.96. The number of halogens is 3. The van der Waals surface area contributed by atoms with Gasteiger partial charge in [0.25, 0.3) is 5.91 Å². The van der Waals surface area contributed by atoms with Crippen LogP contribution in [0.15, 0.2) is 48.5 Å². The summed E-state index contributed by atoms with van der Waals surface area (Å²) in [7, 11) is 0. The number of amides is 1. The normalized spacial score (nSPS) is 14.0. The Labute approximate surface area is 205 Å². The summed E-state index contributed by atoms with van der Waals surface area (Å²) in [6.45, 7) is 2.70. The van der Waals surface area contributed by atoms with Gasteiger partial charge in [0.2, 0.25) is 0 Å². The summed E-state index contributed by atoms with van der Waals surface area (Å²) < 4.78 is 41.4. The second-order valence-corrected chi connectivity index (χ2v) is 8.59. The SMILES string of the molecule is C[C@H](NC(=O)c1c(C#N)c2c(n1Cc1cccc(C(F)(F)F)c1)CNCC2)c1ccc(C(=O)O)cc1. The maximum atomic E-state index is 13.5. The minimum atomic E-state index is -4.50. The van der Waals surface area contributed by atoms with E-state index >= 15 is 0 Å². The Bertz CT molecular complexity index is 1350. The van der Waals surface area contributed by atoms with E-state index in [4.69, 9.17) is 5.11 Å². The fourth-order valence-corrected chi connectivity index (χ4v) is 4.43. The van der Waals surface area contributed by atoms with Crippen molar-refractivity contribution in [1.29, 1.82) is 5.26 Å². The molecule has 3 N–H and O–H groups in total. The van der Waals surface area contributed by atoms with Crippen LogP contribution in [0.2, 0.25) is 0 Å². The van der Waals surface area contributed by atoms with E-state index in [2.05, 4.69) is 16.7 Å². The maximum Gasteiger partial charge on any atom is 0.416 e. The third-order valence-electron chi connectivity index (χ3n) is 6.25. The van der Waals surface area contributed by atoms with E-state index in [1.165, 1.54) is 18.2 Å². The fourth-order valence-electron chi connectivity index (χ4n) is 4.43. The van der Waals surface area contributed by atoms with E-state index < -0.39 is 29.7 Å². The number of nitrogens with zero attached hydrogens (tertiary/aromatic N) is 2. The first kappa shape index (κ1) is 25.0. The number of fused-ring (bicyclic) bond motifs is 1. The quantitative estimate of drug-likeness (QED) is 0.473. The van der Waals surface area contributed by atoms with Gasteiger partial charge in [0.1, 0.15) is 11.8 Å². The molecule has 7 nitrogen and oxygen atoms in total. The fraction of sp³-hybridized carbons (Fsp3) is 0.269. The molecule has 0 saturated heterocycles. The Balaban J connectivity index is 1.70. The van der Waals surface area contributed by atoms with Crippen LogP contribution < -0.4 is 10.6 Å². The maximum absolute atomic E-state index is 13.5. The number of carboxylic acid groups (broad SMARTS) is 1. The predicted molar refractivity (Wildman–Crippen MR) is 124 cm³/mol. The molecular formula is C26H23F3N4O3. The van der Waals surface area contributed by atoms with Crippen LogP contribution in [0.5, 0.6) is 0 Å². The van der Waals surface area contributed by atoms with Crippen LogP contribution in [-0.4, -0.2) is 28.1 Å². The number of alkyl halides is 3. The monoisotopic (exact) mass is 496 g/mol. The highest BCUT2D eigenvalue weighted by Crippen LogP contribution is 2.31. The molecule has 1 aliphatic heterocycles. The lowest BCUT2D eigenvalue weighted by Crippen LogP contribution is -2.30. The third-order valence-corrected chi connectivity index (χ3v) is 6.25. The molecule has 2 heterocycles. The van der Waals surface area contributed by atoms with Gasteiger partial charge in [-0.05, 0) is 60.8 Å². The lowest BCUT2D eigenvalue weighted by Gasteiger charge is -2.19. The zero-order valence-electron chi connectivity index (χ0n) is 19.3. The molecule has 36 heavy (non-hydrogen) atoms. The number of hydrogen-bond donors (Lipinski definition) is 3. The van der Waals surface area contributed by atoms with E-state index in [9.17, 15) is 28.0 Å². The topological polar surface area (TPSA) is 107 Å². The molecule has 0 bridgehead atoms. The van der Waals surface area contributed by atoms with Crippen LogP contribution >= 0.6 is 0 Å². The molecule has 0 unspecified atom stereocenters. The van der Waals surface area contributed by atoms with E-state index in [-0.39, 0.29) is 23.4 Å². The van der Waals surface area contributed by atoms with E-state index in [0.717, 1.165) is 12.1 Å². The summed E-state index contributed by atoms with van der Waals surface area (Å²) in [5, 5.41) is 25.1. The van der Waals surface area contributed by atoms with Crippen LogP contribution in [-0.2, 0) is 25.7 Å². The van der Waals surface area contributed by atoms with E-state index in [0.29, 0.717) is 41.9 Å². The van der Waals surface area contributed by atoms with Gasteiger partial charge >= 0.3 is 12.1 Å². The van der Waals surface area contributed by atoms with Crippen molar-refractivity contribution in [3.63, 3.8) is 0 Å². The van der Waals surface area contributed by atoms with Crippen molar-refractivity contribution >= 4 is 11.9 Å². The number of carboxylic acids is 1. The molecule has 0 aliphatic carbocycles. The largest absolute Gasteiger partial charge is 0.478 e. The molecule has 186 valence electrons. The Morgan fingerprint density at radius 3 is 2.58 bits per heavy atom. The number of rotatable bonds is 6. The van der Waals surface area contributed by atoms with Crippen molar-refractivity contribution < 1.29 is 27.9 Å². The zero-order chi connectivity index (χ0) is 26.0. The Morgan fingerprint density at radius 2 is 1.94 bits per heavy atom. The van der Waals surface area contributed by atoms with Gasteiger partial charge in [-0.25, -0.2) is 4.79 Å². The highest BCUT2D eigenvalue weighted by atomic mass is 19.4. The number of carbonyl (C=O) groups excluding carboxylic acids is 1. The van der Waals surface area contributed by atoms with E-state index in [1.54, 1.807) is 29.7 Å². The minimum Gasteiger partial charge on any atom is -0.478 e. The van der Waals surface area contributed by atoms with Gasteiger partial charge in [-0.1, -0.05) is 24.3 Å². The second-order valence-electron chi connectivity index (χ2n) is 8.59. The van der Waals surface area contributed by atoms with Gasteiger partial charge in [0.15, 0.2) is 0 Å². The second kappa shape index (κ2) is 9.87. The van der Waals surface area contributed by atoms with Crippen molar-refractivity contribution in [2.75, 3.05) is 6.54 Å². The van der Waals surface area contributed by atoms with Gasteiger partial charge in [0.05, 0.1) is 22.7 Å². The van der Waals surface area contributed by atoms with Gasteiger partial charge in [0, 0.05) is 18.8 Å². The summed E-state index contributed by atoms with van der Waals surface area (Å²) in [4.78, 5) is 24.6. The number of nitriles is 1. The molecule has 1 aromatic heterocycles. The summed E-state index contributed by atoms with van der Waals surface area (Å²) in [6.07, 6.45) is -3.99. The first-order chi connectivity index (χ1) is 17.1. The molecule has 3 aromatic rings. The molecule has 2 aromatic carbocycles. The molecule has 10 heteroatoms. The summed E-state index contributed by atoms with van der Waals surface area (Å²) in [5.41, 5.74) is 2.05. The van der Waals surface area contributed by atoms with Crippen molar-refractivity contribution in [3.05, 3.63) is 93.3 Å². The molecule has 0 spiro atoms. The number of aromatic nitrogens is 1. The summed E-state index contributed by atoms with van der Waals surface area (Å²) in [5.74, 6) is -1.61. The molecule has 1 atom stereocenters. The predicted octanol–water partition coefficient (Wildman–Crippen LogP) is 4.26. The average Bonchev–Trinajstić information content (AvgIpc) is 3.17. The number of benzene rings is 2. The summed E-state index contributed by atoms with van der Waals surface area (Å²) >= 11 is 0. The average molecular weight is 496 g/mol. The molecule has 1 aliphatic rings. The number of nitrogens with one attached hydrogen (secondary N) is 2. The highest BCUT2D eigenvalue weighted by Gasteiger charge is 2.32. The van der Waals surface area contributed by atoms with Crippen LogP contribution in [0.4, 0.5) is 13.2 Å². The van der Waals surface area contributed by atoms with Crippen molar-refractivity contribution in [3.8, 4) is 6.07 Å². The van der Waals surface area contributed by atoms with Gasteiger partial charge in [-0.15, -0.1) is 0 Å².